The predicted molar refractivity (Wildman–Crippen MR) is 115 cm³/mol. The van der Waals surface area contributed by atoms with Crippen molar-refractivity contribution >= 4 is 29.7 Å². The van der Waals surface area contributed by atoms with E-state index < -0.39 is 5.97 Å². The number of hydrogen-bond acceptors (Lipinski definition) is 6. The third-order valence-electron chi connectivity index (χ3n) is 5.36. The Kier molecular flexibility index (Phi) is 6.17. The first-order valence-electron chi connectivity index (χ1n) is 9.80. The monoisotopic (exact) mass is 425 g/mol. The second-order valence-electron chi connectivity index (χ2n) is 7.31. The van der Waals surface area contributed by atoms with Gasteiger partial charge in [0, 0.05) is 42.4 Å². The van der Waals surface area contributed by atoms with Gasteiger partial charge in [0.1, 0.15) is 6.29 Å². The average Bonchev–Trinajstić information content (AvgIpc) is 3.15. The molecule has 1 aliphatic heterocycles. The van der Waals surface area contributed by atoms with Gasteiger partial charge in [-0.15, -0.1) is 0 Å². The van der Waals surface area contributed by atoms with E-state index in [1.54, 1.807) is 29.8 Å². The number of carboxylic acids is 1. The Labute approximate surface area is 178 Å². The summed E-state index contributed by atoms with van der Waals surface area (Å²) in [6, 6.07) is 9.59. The summed E-state index contributed by atoms with van der Waals surface area (Å²) in [6.45, 7) is 1.83. The Hall–Kier alpha value is -2.68. The number of aliphatic carboxylic acids is 1. The van der Waals surface area contributed by atoms with E-state index in [0.29, 0.717) is 17.2 Å². The topological polar surface area (TPSA) is 84.1 Å². The molecule has 0 radical (unpaired) electrons. The van der Waals surface area contributed by atoms with E-state index in [9.17, 15) is 9.59 Å². The highest BCUT2D eigenvalue weighted by Crippen LogP contribution is 2.36. The van der Waals surface area contributed by atoms with Gasteiger partial charge in [-0.1, -0.05) is 12.1 Å². The van der Waals surface area contributed by atoms with E-state index in [0.717, 1.165) is 53.8 Å². The molecular formula is C22H23N3O4S. The molecule has 1 aromatic carbocycles. The molecule has 3 aromatic rings. The minimum Gasteiger partial charge on any atom is -0.481 e. The molecule has 4 rings (SSSR count). The lowest BCUT2D eigenvalue weighted by molar-refractivity contribution is -0.136. The van der Waals surface area contributed by atoms with Gasteiger partial charge in [-0.3, -0.25) is 9.59 Å². The van der Waals surface area contributed by atoms with Crippen LogP contribution in [0.5, 0.6) is 0 Å². The van der Waals surface area contributed by atoms with Crippen LogP contribution in [0.4, 0.5) is 0 Å². The average molecular weight is 426 g/mol. The molecule has 7 nitrogen and oxygen atoms in total. The second kappa shape index (κ2) is 8.99. The number of pyridine rings is 1. The van der Waals surface area contributed by atoms with Crippen molar-refractivity contribution in [1.29, 1.82) is 0 Å². The van der Waals surface area contributed by atoms with Gasteiger partial charge in [0.15, 0.2) is 0 Å². The van der Waals surface area contributed by atoms with Crippen LogP contribution in [0.3, 0.4) is 0 Å². The lowest BCUT2D eigenvalue weighted by atomic mass is 10.0. The fraction of sp³-hybridized carbons (Fsp3) is 0.318. The van der Waals surface area contributed by atoms with E-state index in [1.165, 1.54) is 0 Å². The maximum atomic E-state index is 11.4. The van der Waals surface area contributed by atoms with Crippen LogP contribution in [0.1, 0.15) is 28.8 Å². The van der Waals surface area contributed by atoms with Gasteiger partial charge < -0.3 is 9.84 Å². The standard InChI is InChI=1S/C22H23N3O4S/c1-29-18-5-7-24(8-6-18)30-21-10-15(14-26)2-3-19(21)16-4-9-25-20(11-16)17(13-23-25)12-22(27)28/h2-4,9-11,13-14,18H,5-8,12H2,1H3,(H,27,28). The maximum absolute atomic E-state index is 11.4. The molecule has 0 aliphatic carbocycles. The zero-order valence-corrected chi connectivity index (χ0v) is 17.5. The van der Waals surface area contributed by atoms with Crippen molar-refractivity contribution in [1.82, 2.24) is 13.9 Å². The zero-order chi connectivity index (χ0) is 21.1. The zero-order valence-electron chi connectivity index (χ0n) is 16.7. The van der Waals surface area contributed by atoms with Gasteiger partial charge in [-0.05, 0) is 54.1 Å². The van der Waals surface area contributed by atoms with Crippen molar-refractivity contribution in [3.8, 4) is 11.1 Å². The van der Waals surface area contributed by atoms with Crippen LogP contribution in [0.25, 0.3) is 16.6 Å². The van der Waals surface area contributed by atoms with Crippen LogP contribution < -0.4 is 0 Å². The highest BCUT2D eigenvalue weighted by molar-refractivity contribution is 7.97. The largest absolute Gasteiger partial charge is 0.481 e. The molecule has 8 heteroatoms. The molecule has 0 saturated carbocycles. The van der Waals surface area contributed by atoms with Crippen molar-refractivity contribution in [3.05, 3.63) is 53.9 Å². The molecule has 30 heavy (non-hydrogen) atoms. The molecule has 0 unspecified atom stereocenters. The van der Waals surface area contributed by atoms with Crippen molar-refractivity contribution < 1.29 is 19.4 Å². The summed E-state index contributed by atoms with van der Waals surface area (Å²) in [4.78, 5) is 23.5. The molecule has 1 fully saturated rings. The molecule has 0 amide bonds. The number of fused-ring (bicyclic) bond motifs is 1. The lowest BCUT2D eigenvalue weighted by Gasteiger charge is -2.30. The molecule has 0 bridgehead atoms. The fourth-order valence-electron chi connectivity index (χ4n) is 3.72. The van der Waals surface area contributed by atoms with Gasteiger partial charge in [0.05, 0.1) is 24.2 Å². The van der Waals surface area contributed by atoms with E-state index in [1.807, 2.05) is 36.5 Å². The van der Waals surface area contributed by atoms with Gasteiger partial charge in [-0.2, -0.15) is 5.10 Å². The number of ether oxygens (including phenoxy) is 1. The Morgan fingerprint density at radius 3 is 2.80 bits per heavy atom. The first-order valence-corrected chi connectivity index (χ1v) is 10.6. The van der Waals surface area contributed by atoms with Crippen molar-refractivity contribution in [3.63, 3.8) is 0 Å². The van der Waals surface area contributed by atoms with Gasteiger partial charge in [-0.25, -0.2) is 8.82 Å². The summed E-state index contributed by atoms with van der Waals surface area (Å²) < 4.78 is 9.44. The molecule has 0 atom stereocenters. The first kappa shape index (κ1) is 20.6. The van der Waals surface area contributed by atoms with Crippen LogP contribution in [0.2, 0.25) is 0 Å². The SMILES string of the molecule is COC1CCN(Sc2cc(C=O)ccc2-c2ccn3ncc(CC(=O)O)c3c2)CC1. The van der Waals surface area contributed by atoms with Crippen LogP contribution >= 0.6 is 11.9 Å². The van der Waals surface area contributed by atoms with Crippen molar-refractivity contribution in [2.75, 3.05) is 20.2 Å². The maximum Gasteiger partial charge on any atom is 0.307 e. The van der Waals surface area contributed by atoms with E-state index in [2.05, 4.69) is 9.40 Å². The minimum atomic E-state index is -0.888. The summed E-state index contributed by atoms with van der Waals surface area (Å²) in [5.41, 5.74) is 4.03. The third-order valence-corrected chi connectivity index (χ3v) is 6.52. The van der Waals surface area contributed by atoms with Gasteiger partial charge in [0.2, 0.25) is 0 Å². The van der Waals surface area contributed by atoms with Crippen LogP contribution in [0, 0.1) is 0 Å². The molecular weight excluding hydrogens is 402 g/mol. The number of aromatic nitrogens is 2. The number of rotatable bonds is 7. The van der Waals surface area contributed by atoms with E-state index in [4.69, 9.17) is 9.84 Å². The Morgan fingerprint density at radius 1 is 1.30 bits per heavy atom. The molecule has 1 saturated heterocycles. The normalized spacial score (nSPS) is 15.5. The second-order valence-corrected chi connectivity index (χ2v) is 8.45. The Morgan fingerprint density at radius 2 is 2.10 bits per heavy atom. The number of benzene rings is 1. The number of carboxylic acid groups (broad SMARTS) is 1. The number of methoxy groups -OCH3 is 1. The van der Waals surface area contributed by atoms with Crippen molar-refractivity contribution in [2.45, 2.75) is 30.3 Å². The highest BCUT2D eigenvalue weighted by atomic mass is 32.2. The molecule has 1 aliphatic rings. The lowest BCUT2D eigenvalue weighted by Crippen LogP contribution is -2.32. The number of hydrogen-bond donors (Lipinski definition) is 1. The fourth-order valence-corrected chi connectivity index (χ4v) is 4.87. The Bertz CT molecular complexity index is 1070. The molecule has 3 heterocycles. The smallest absolute Gasteiger partial charge is 0.307 e. The third kappa shape index (κ3) is 4.40. The Balaban J connectivity index is 1.68. The summed E-state index contributed by atoms with van der Waals surface area (Å²) >= 11 is 1.65. The van der Waals surface area contributed by atoms with Crippen molar-refractivity contribution in [2.24, 2.45) is 0 Å². The molecule has 2 aromatic heterocycles. The van der Waals surface area contributed by atoms with Gasteiger partial charge >= 0.3 is 5.97 Å². The first-order chi connectivity index (χ1) is 14.6. The highest BCUT2D eigenvalue weighted by Gasteiger charge is 2.21. The minimum absolute atomic E-state index is 0.0763. The number of nitrogens with zero attached hydrogens (tertiary/aromatic N) is 3. The number of piperidine rings is 1. The summed E-state index contributed by atoms with van der Waals surface area (Å²) in [5.74, 6) is -0.888. The summed E-state index contributed by atoms with van der Waals surface area (Å²) in [7, 11) is 1.75. The van der Waals surface area contributed by atoms with Gasteiger partial charge in [0.25, 0.3) is 0 Å². The molecule has 156 valence electrons. The van der Waals surface area contributed by atoms with Crippen LogP contribution in [-0.2, 0) is 16.0 Å². The number of aldehydes is 1. The molecule has 1 N–H and O–H groups in total. The van der Waals surface area contributed by atoms with E-state index in [-0.39, 0.29) is 6.42 Å². The number of carbonyl (C=O) groups is 2. The summed E-state index contributed by atoms with van der Waals surface area (Å²) in [5, 5.41) is 13.4. The van der Waals surface area contributed by atoms with Crippen LogP contribution in [0.15, 0.2) is 47.6 Å². The molecule has 0 spiro atoms. The predicted octanol–water partition coefficient (Wildman–Crippen LogP) is 3.56. The number of carbonyl (C=O) groups excluding carboxylic acids is 1. The van der Waals surface area contributed by atoms with E-state index >= 15 is 0 Å². The quantitative estimate of drug-likeness (QED) is 0.458. The van der Waals surface area contributed by atoms with Crippen LogP contribution in [-0.4, -0.2) is 57.6 Å². The summed E-state index contributed by atoms with van der Waals surface area (Å²) in [6.07, 6.45) is 6.47.